The molecule has 104 valence electrons. The van der Waals surface area contributed by atoms with Crippen LogP contribution >= 0.6 is 0 Å². The van der Waals surface area contributed by atoms with Crippen molar-refractivity contribution in [2.45, 2.75) is 19.4 Å². The van der Waals surface area contributed by atoms with Crippen LogP contribution in [0.15, 0.2) is 42.5 Å². The first-order valence-electron chi connectivity index (χ1n) is 7.11. The molecule has 2 aromatic rings. The monoisotopic (exact) mass is 268 g/mol. The third-order valence-corrected chi connectivity index (χ3v) is 3.65. The van der Waals surface area contributed by atoms with Crippen LogP contribution in [0, 0.1) is 0 Å². The molecule has 0 radical (unpaired) electrons. The number of nitrogens with two attached hydrogens (primary N) is 1. The normalized spacial score (nSPS) is 13.0. The summed E-state index contributed by atoms with van der Waals surface area (Å²) in [4.78, 5) is 0. The molecular formula is C17H20N2O. The van der Waals surface area contributed by atoms with Crippen molar-refractivity contribution in [3.8, 4) is 5.75 Å². The number of hydrogen-bond donors (Lipinski definition) is 2. The van der Waals surface area contributed by atoms with E-state index in [1.54, 1.807) is 0 Å². The first-order valence-corrected chi connectivity index (χ1v) is 7.11. The SMILES string of the molecule is Nc1ccc(CNCCc2ccc3c(c2)CCO3)cc1. The molecule has 1 aliphatic rings. The summed E-state index contributed by atoms with van der Waals surface area (Å²) >= 11 is 0. The van der Waals surface area contributed by atoms with E-state index in [1.165, 1.54) is 16.7 Å². The average Bonchev–Trinajstić information content (AvgIpc) is 2.93. The highest BCUT2D eigenvalue weighted by Gasteiger charge is 2.11. The van der Waals surface area contributed by atoms with E-state index < -0.39 is 0 Å². The predicted octanol–water partition coefficient (Wildman–Crippen LogP) is 2.54. The summed E-state index contributed by atoms with van der Waals surface area (Å²) in [7, 11) is 0. The Labute approximate surface area is 119 Å². The number of nitrogens with one attached hydrogen (secondary N) is 1. The largest absolute Gasteiger partial charge is 0.493 e. The number of hydrogen-bond acceptors (Lipinski definition) is 3. The fourth-order valence-electron chi connectivity index (χ4n) is 2.50. The lowest BCUT2D eigenvalue weighted by molar-refractivity contribution is 0.357. The van der Waals surface area contributed by atoms with Crippen molar-refractivity contribution < 1.29 is 4.74 Å². The van der Waals surface area contributed by atoms with Crippen molar-refractivity contribution in [3.63, 3.8) is 0 Å². The van der Waals surface area contributed by atoms with Gasteiger partial charge in [-0.05, 0) is 47.9 Å². The molecule has 0 fully saturated rings. The van der Waals surface area contributed by atoms with Gasteiger partial charge in [0.05, 0.1) is 6.61 Å². The van der Waals surface area contributed by atoms with Crippen LogP contribution in [0.5, 0.6) is 5.75 Å². The van der Waals surface area contributed by atoms with Gasteiger partial charge in [-0.3, -0.25) is 0 Å². The second-order valence-corrected chi connectivity index (χ2v) is 5.21. The lowest BCUT2D eigenvalue weighted by Gasteiger charge is -2.07. The van der Waals surface area contributed by atoms with E-state index in [-0.39, 0.29) is 0 Å². The summed E-state index contributed by atoms with van der Waals surface area (Å²) in [5.74, 6) is 1.06. The van der Waals surface area contributed by atoms with Crippen molar-refractivity contribution in [1.82, 2.24) is 5.32 Å². The molecule has 3 N–H and O–H groups in total. The number of benzene rings is 2. The Morgan fingerprint density at radius 2 is 1.85 bits per heavy atom. The van der Waals surface area contributed by atoms with Crippen molar-refractivity contribution in [1.29, 1.82) is 0 Å². The molecule has 1 heterocycles. The van der Waals surface area contributed by atoms with Crippen molar-refractivity contribution in [3.05, 3.63) is 59.2 Å². The third kappa shape index (κ3) is 3.11. The van der Waals surface area contributed by atoms with Gasteiger partial charge in [0.2, 0.25) is 0 Å². The third-order valence-electron chi connectivity index (χ3n) is 3.65. The second-order valence-electron chi connectivity index (χ2n) is 5.21. The van der Waals surface area contributed by atoms with Crippen LogP contribution in [-0.4, -0.2) is 13.2 Å². The summed E-state index contributed by atoms with van der Waals surface area (Å²) < 4.78 is 5.52. The van der Waals surface area contributed by atoms with E-state index in [0.29, 0.717) is 0 Å². The fourth-order valence-corrected chi connectivity index (χ4v) is 2.50. The molecule has 0 amide bonds. The summed E-state index contributed by atoms with van der Waals surface area (Å²) in [6.45, 7) is 2.69. The van der Waals surface area contributed by atoms with E-state index in [4.69, 9.17) is 10.5 Å². The first-order chi connectivity index (χ1) is 9.81. The maximum absolute atomic E-state index is 5.67. The van der Waals surface area contributed by atoms with Crippen molar-refractivity contribution in [2.24, 2.45) is 0 Å². The molecule has 3 heteroatoms. The number of fused-ring (bicyclic) bond motifs is 1. The van der Waals surface area contributed by atoms with Gasteiger partial charge >= 0.3 is 0 Å². The van der Waals surface area contributed by atoms with Crippen molar-refractivity contribution in [2.75, 3.05) is 18.9 Å². The van der Waals surface area contributed by atoms with Crippen LogP contribution in [-0.2, 0) is 19.4 Å². The minimum atomic E-state index is 0.814. The van der Waals surface area contributed by atoms with Crippen LogP contribution in [0.4, 0.5) is 5.69 Å². The Morgan fingerprint density at radius 3 is 2.70 bits per heavy atom. The Hall–Kier alpha value is -2.00. The maximum Gasteiger partial charge on any atom is 0.122 e. The van der Waals surface area contributed by atoms with Crippen LogP contribution in [0.3, 0.4) is 0 Å². The number of rotatable bonds is 5. The molecular weight excluding hydrogens is 248 g/mol. The molecule has 20 heavy (non-hydrogen) atoms. The number of ether oxygens (including phenoxy) is 1. The Morgan fingerprint density at radius 1 is 1.05 bits per heavy atom. The average molecular weight is 268 g/mol. The molecule has 0 atom stereocenters. The molecule has 3 rings (SSSR count). The fraction of sp³-hybridized carbons (Fsp3) is 0.294. The highest BCUT2D eigenvalue weighted by molar-refractivity contribution is 5.40. The minimum absolute atomic E-state index is 0.814. The van der Waals surface area contributed by atoms with Gasteiger partial charge in [0.1, 0.15) is 5.75 Å². The lowest BCUT2D eigenvalue weighted by Crippen LogP contribution is -2.16. The zero-order valence-electron chi connectivity index (χ0n) is 11.6. The van der Waals surface area contributed by atoms with Gasteiger partial charge in [0.15, 0.2) is 0 Å². The van der Waals surface area contributed by atoms with E-state index >= 15 is 0 Å². The Balaban J connectivity index is 1.47. The summed E-state index contributed by atoms with van der Waals surface area (Å²) in [6, 6.07) is 14.5. The van der Waals surface area contributed by atoms with E-state index in [9.17, 15) is 0 Å². The Bertz CT molecular complexity index is 578. The predicted molar refractivity (Wildman–Crippen MR) is 81.9 cm³/mol. The van der Waals surface area contributed by atoms with Crippen LogP contribution in [0.1, 0.15) is 16.7 Å². The smallest absolute Gasteiger partial charge is 0.122 e. The lowest BCUT2D eigenvalue weighted by atomic mass is 10.1. The Kier molecular flexibility index (Phi) is 3.88. The summed E-state index contributed by atoms with van der Waals surface area (Å²) in [5.41, 5.74) is 10.5. The topological polar surface area (TPSA) is 47.3 Å². The second kappa shape index (κ2) is 5.97. The molecule has 0 spiro atoms. The van der Waals surface area contributed by atoms with Crippen LogP contribution in [0.2, 0.25) is 0 Å². The molecule has 0 bridgehead atoms. The van der Waals surface area contributed by atoms with Gasteiger partial charge in [-0.25, -0.2) is 0 Å². The molecule has 0 saturated carbocycles. The van der Waals surface area contributed by atoms with Crippen molar-refractivity contribution >= 4 is 5.69 Å². The summed E-state index contributed by atoms with van der Waals surface area (Å²) in [5, 5.41) is 3.47. The van der Waals surface area contributed by atoms with Gasteiger partial charge in [-0.1, -0.05) is 24.3 Å². The zero-order valence-corrected chi connectivity index (χ0v) is 11.6. The maximum atomic E-state index is 5.67. The molecule has 1 aliphatic heterocycles. The van der Waals surface area contributed by atoms with E-state index in [0.717, 1.165) is 44.0 Å². The standard InChI is InChI=1S/C17H20N2O/c18-16-4-1-14(2-5-16)12-19-9-7-13-3-6-17-15(11-13)8-10-20-17/h1-6,11,19H,7-10,12,18H2. The quantitative estimate of drug-likeness (QED) is 0.647. The summed E-state index contributed by atoms with van der Waals surface area (Å²) in [6.07, 6.45) is 2.09. The molecule has 0 saturated heterocycles. The number of anilines is 1. The molecule has 0 aliphatic carbocycles. The molecule has 2 aromatic carbocycles. The molecule has 0 unspecified atom stereocenters. The van der Waals surface area contributed by atoms with Gasteiger partial charge in [0, 0.05) is 18.7 Å². The minimum Gasteiger partial charge on any atom is -0.493 e. The van der Waals surface area contributed by atoms with Gasteiger partial charge in [0.25, 0.3) is 0 Å². The first kappa shape index (κ1) is 13.0. The molecule has 0 aromatic heterocycles. The highest BCUT2D eigenvalue weighted by Crippen LogP contribution is 2.25. The van der Waals surface area contributed by atoms with Gasteiger partial charge < -0.3 is 15.8 Å². The molecule has 3 nitrogen and oxygen atoms in total. The highest BCUT2D eigenvalue weighted by atomic mass is 16.5. The number of nitrogen functional groups attached to an aromatic ring is 1. The van der Waals surface area contributed by atoms with Gasteiger partial charge in [-0.2, -0.15) is 0 Å². The van der Waals surface area contributed by atoms with Crippen LogP contribution in [0.25, 0.3) is 0 Å². The zero-order chi connectivity index (χ0) is 13.8. The van der Waals surface area contributed by atoms with Gasteiger partial charge in [-0.15, -0.1) is 0 Å². The van der Waals surface area contributed by atoms with E-state index in [1.807, 2.05) is 12.1 Å². The van der Waals surface area contributed by atoms with Crippen LogP contribution < -0.4 is 15.8 Å². The van der Waals surface area contributed by atoms with E-state index in [2.05, 4.69) is 35.6 Å².